The molecule has 0 aliphatic heterocycles. The monoisotopic (exact) mass is 406 g/mol. The summed E-state index contributed by atoms with van der Waals surface area (Å²) < 4.78 is 0. The van der Waals surface area contributed by atoms with Crippen LogP contribution in [-0.4, -0.2) is 11.2 Å². The highest BCUT2D eigenvalue weighted by Crippen LogP contribution is 2.28. The Morgan fingerprint density at radius 3 is 1.86 bits per heavy atom. The summed E-state index contributed by atoms with van der Waals surface area (Å²) in [5.74, 6) is 0. The molecule has 0 fully saturated rings. The zero-order valence-electron chi connectivity index (χ0n) is 19.7. The van der Waals surface area contributed by atoms with Gasteiger partial charge in [0.2, 0.25) is 0 Å². The summed E-state index contributed by atoms with van der Waals surface area (Å²) in [5, 5.41) is 10.8. The quantitative estimate of drug-likeness (QED) is 0.391. The van der Waals surface area contributed by atoms with Crippen LogP contribution in [0.5, 0.6) is 0 Å². The fraction of sp³-hybridized carbons (Fsp3) is 0.462. The summed E-state index contributed by atoms with van der Waals surface area (Å²) in [4.78, 5) is 0. The Labute approximate surface area is 180 Å². The lowest BCUT2D eigenvalue weighted by molar-refractivity contribution is 0.0679. The first kappa shape index (κ1) is 31.1. The minimum absolute atomic E-state index is 0.0916. The first-order valence-corrected chi connectivity index (χ1v) is 10.2. The molecule has 0 bridgehead atoms. The Morgan fingerprint density at radius 1 is 1.14 bits per heavy atom. The fourth-order valence-corrected chi connectivity index (χ4v) is 1.74. The van der Waals surface area contributed by atoms with Gasteiger partial charge in [-0.25, -0.2) is 0 Å². The standard InChI is InChI=1S/C15H22O.C5H7Cl.C4H8.C2H6/c1-11-8-6-7-9-13(11)12(2)10-14(16)15(3,4)5;1-3-5(6)4-2;1-4(2)3;1-2/h6-9,14,16H,2,10H2,1,3-5H3;3-4H,1H2,2H3;1H2,2-3H3;1-2H3/b;5-4+;;. The average molecular weight is 407 g/mol. The van der Waals surface area contributed by atoms with Crippen molar-refractivity contribution in [2.75, 3.05) is 0 Å². The van der Waals surface area contributed by atoms with Crippen molar-refractivity contribution in [3.8, 4) is 0 Å². The summed E-state index contributed by atoms with van der Waals surface area (Å²) in [6.45, 7) is 29.1. The van der Waals surface area contributed by atoms with Crippen molar-refractivity contribution < 1.29 is 5.11 Å². The Morgan fingerprint density at radius 2 is 1.57 bits per heavy atom. The molecule has 1 N–H and O–H groups in total. The van der Waals surface area contributed by atoms with Crippen LogP contribution in [0.3, 0.4) is 0 Å². The maximum Gasteiger partial charge on any atom is 0.0628 e. The van der Waals surface area contributed by atoms with E-state index < -0.39 is 0 Å². The first-order chi connectivity index (χ1) is 12.9. The molecule has 0 aromatic heterocycles. The number of halogens is 1. The number of rotatable bonds is 4. The van der Waals surface area contributed by atoms with E-state index in [2.05, 4.69) is 38.8 Å². The molecule has 0 heterocycles. The highest BCUT2D eigenvalue weighted by molar-refractivity contribution is 6.31. The first-order valence-electron chi connectivity index (χ1n) is 9.85. The molecule has 1 atom stereocenters. The van der Waals surface area contributed by atoms with Crippen LogP contribution in [-0.2, 0) is 0 Å². The van der Waals surface area contributed by atoms with Gasteiger partial charge in [-0.1, -0.05) is 101 Å². The third-order valence-electron chi connectivity index (χ3n) is 3.44. The van der Waals surface area contributed by atoms with E-state index in [4.69, 9.17) is 11.6 Å². The Kier molecular flexibility index (Phi) is 19.5. The third-order valence-corrected chi connectivity index (χ3v) is 3.81. The van der Waals surface area contributed by atoms with Gasteiger partial charge in [0.15, 0.2) is 0 Å². The van der Waals surface area contributed by atoms with Crippen molar-refractivity contribution in [3.05, 3.63) is 77.9 Å². The molecule has 28 heavy (non-hydrogen) atoms. The van der Waals surface area contributed by atoms with Crippen molar-refractivity contribution in [1.82, 2.24) is 0 Å². The van der Waals surface area contributed by atoms with E-state index in [1.807, 2.05) is 67.5 Å². The van der Waals surface area contributed by atoms with Gasteiger partial charge in [-0.05, 0) is 56.2 Å². The van der Waals surface area contributed by atoms with E-state index in [9.17, 15) is 5.11 Å². The van der Waals surface area contributed by atoms with Crippen molar-refractivity contribution in [1.29, 1.82) is 0 Å². The van der Waals surface area contributed by atoms with Crippen LogP contribution in [0.25, 0.3) is 5.57 Å². The summed E-state index contributed by atoms with van der Waals surface area (Å²) in [6, 6.07) is 8.17. The SMILES string of the molecule is C=C(C)C.C=C(CC(O)C(C)(C)C)c1ccccc1C.C=C/C(Cl)=C\C.CC. The second-order valence-electron chi connectivity index (χ2n) is 7.59. The summed E-state index contributed by atoms with van der Waals surface area (Å²) in [5.41, 5.74) is 4.46. The van der Waals surface area contributed by atoms with Gasteiger partial charge in [0.25, 0.3) is 0 Å². The van der Waals surface area contributed by atoms with E-state index in [1.54, 1.807) is 12.2 Å². The summed E-state index contributed by atoms with van der Waals surface area (Å²) >= 11 is 5.39. The predicted molar refractivity (Wildman–Crippen MR) is 132 cm³/mol. The van der Waals surface area contributed by atoms with Crippen molar-refractivity contribution in [3.63, 3.8) is 0 Å². The van der Waals surface area contributed by atoms with Gasteiger partial charge in [-0.15, -0.1) is 6.58 Å². The van der Waals surface area contributed by atoms with Crippen LogP contribution >= 0.6 is 11.6 Å². The van der Waals surface area contributed by atoms with Crippen LogP contribution in [0.4, 0.5) is 0 Å². The molecule has 0 aliphatic rings. The molecular formula is C26H43ClO. The molecule has 0 radical (unpaired) electrons. The lowest BCUT2D eigenvalue weighted by atomic mass is 9.84. The highest BCUT2D eigenvalue weighted by atomic mass is 35.5. The largest absolute Gasteiger partial charge is 0.392 e. The van der Waals surface area contributed by atoms with Gasteiger partial charge in [-0.2, -0.15) is 0 Å². The lowest BCUT2D eigenvalue weighted by Gasteiger charge is -2.26. The minimum Gasteiger partial charge on any atom is -0.392 e. The number of aliphatic hydroxyl groups excluding tert-OH is 1. The zero-order valence-corrected chi connectivity index (χ0v) is 20.5. The van der Waals surface area contributed by atoms with Crippen LogP contribution in [0, 0.1) is 12.3 Å². The van der Waals surface area contributed by atoms with Crippen LogP contribution in [0.15, 0.2) is 66.8 Å². The van der Waals surface area contributed by atoms with Gasteiger partial charge in [0, 0.05) is 5.03 Å². The number of hydrogen-bond acceptors (Lipinski definition) is 1. The average Bonchev–Trinajstić information content (AvgIpc) is 2.62. The summed E-state index contributed by atoms with van der Waals surface area (Å²) in [6.07, 6.45) is 3.67. The van der Waals surface area contributed by atoms with E-state index in [0.29, 0.717) is 11.5 Å². The van der Waals surface area contributed by atoms with Crippen molar-refractivity contribution >= 4 is 17.2 Å². The maximum atomic E-state index is 10.0. The maximum absolute atomic E-state index is 10.0. The topological polar surface area (TPSA) is 20.2 Å². The van der Waals surface area contributed by atoms with Gasteiger partial charge in [0.1, 0.15) is 0 Å². The second kappa shape index (κ2) is 17.5. The van der Waals surface area contributed by atoms with Crippen molar-refractivity contribution in [2.45, 2.75) is 74.8 Å². The molecular weight excluding hydrogens is 364 g/mol. The molecule has 1 nitrogen and oxygen atoms in total. The molecule has 1 unspecified atom stereocenters. The van der Waals surface area contributed by atoms with Crippen LogP contribution in [0.2, 0.25) is 0 Å². The normalized spacial score (nSPS) is 11.3. The van der Waals surface area contributed by atoms with E-state index >= 15 is 0 Å². The van der Waals surface area contributed by atoms with Crippen LogP contribution < -0.4 is 0 Å². The third kappa shape index (κ3) is 17.8. The highest BCUT2D eigenvalue weighted by Gasteiger charge is 2.23. The Hall–Kier alpha value is -1.57. The molecule has 1 rings (SSSR count). The number of allylic oxidation sites excluding steroid dienone is 4. The van der Waals surface area contributed by atoms with E-state index in [0.717, 1.165) is 11.1 Å². The zero-order chi connectivity index (χ0) is 22.9. The van der Waals surface area contributed by atoms with Gasteiger partial charge < -0.3 is 5.11 Å². The number of benzene rings is 1. The Bertz CT molecular complexity index is 599. The van der Waals surface area contributed by atoms with Gasteiger partial charge in [-0.3, -0.25) is 0 Å². The molecule has 0 saturated carbocycles. The smallest absolute Gasteiger partial charge is 0.0628 e. The molecule has 1 aromatic rings. The molecule has 0 saturated heterocycles. The van der Waals surface area contributed by atoms with Gasteiger partial charge in [0.05, 0.1) is 6.10 Å². The molecule has 1 aromatic carbocycles. The van der Waals surface area contributed by atoms with E-state index in [-0.39, 0.29) is 11.5 Å². The van der Waals surface area contributed by atoms with Crippen LogP contribution in [0.1, 0.15) is 72.9 Å². The molecule has 0 spiro atoms. The van der Waals surface area contributed by atoms with Crippen molar-refractivity contribution in [2.24, 2.45) is 5.41 Å². The lowest BCUT2D eigenvalue weighted by Crippen LogP contribution is -2.26. The predicted octanol–water partition coefficient (Wildman–Crippen LogP) is 8.73. The molecule has 0 aliphatic carbocycles. The molecule has 160 valence electrons. The number of aliphatic hydroxyl groups is 1. The van der Waals surface area contributed by atoms with E-state index in [1.165, 1.54) is 11.1 Å². The summed E-state index contributed by atoms with van der Waals surface area (Å²) in [7, 11) is 0. The number of aryl methyl sites for hydroxylation is 1. The number of hydrogen-bond donors (Lipinski definition) is 1. The second-order valence-corrected chi connectivity index (χ2v) is 8.03. The fourth-order valence-electron chi connectivity index (χ4n) is 1.74. The van der Waals surface area contributed by atoms with Gasteiger partial charge >= 0.3 is 0 Å². The minimum atomic E-state index is -0.348. The molecule has 2 heteroatoms. The molecule has 0 amide bonds. The Balaban J connectivity index is -0.000000431.